The number of aliphatic hydroxyl groups excluding tert-OH is 1. The van der Waals surface area contributed by atoms with Gasteiger partial charge in [-0.1, -0.05) is 0 Å². The van der Waals surface area contributed by atoms with Gasteiger partial charge < -0.3 is 20.8 Å². The van der Waals surface area contributed by atoms with Crippen molar-refractivity contribution in [3.8, 4) is 0 Å². The van der Waals surface area contributed by atoms with E-state index in [-0.39, 0.29) is 5.92 Å². The summed E-state index contributed by atoms with van der Waals surface area (Å²) in [6.07, 6.45) is -0.557. The molecule has 1 aliphatic heterocycles. The van der Waals surface area contributed by atoms with Crippen molar-refractivity contribution in [3.05, 3.63) is 0 Å². The van der Waals surface area contributed by atoms with Crippen LogP contribution >= 0.6 is 0 Å². The Labute approximate surface area is 70.8 Å². The van der Waals surface area contributed by atoms with Gasteiger partial charge in [0, 0.05) is 19.0 Å². The maximum atomic E-state index is 10.7. The normalized spacial score (nSPS) is 31.8. The Hall–Kier alpha value is -0.650. The molecule has 0 spiro atoms. The van der Waals surface area contributed by atoms with E-state index in [2.05, 4.69) is 10.6 Å². The zero-order chi connectivity index (χ0) is 9.14. The average molecular weight is 174 g/mol. The Bertz CT molecular complexity index is 174. The predicted molar refractivity (Wildman–Crippen MR) is 42.9 cm³/mol. The van der Waals surface area contributed by atoms with E-state index in [0.717, 1.165) is 0 Å². The van der Waals surface area contributed by atoms with Gasteiger partial charge in [-0.3, -0.25) is 4.79 Å². The van der Waals surface area contributed by atoms with Crippen LogP contribution < -0.4 is 10.6 Å². The molecule has 70 valence electrons. The number of likely N-dealkylation sites (N-methyl/N-ethyl adjacent to an activating group) is 1. The predicted octanol–water partition coefficient (Wildman–Crippen LogP) is -1.76. The molecule has 0 saturated carbocycles. The minimum Gasteiger partial charge on any atom is -0.480 e. The number of aliphatic hydroxyl groups is 1. The second kappa shape index (κ2) is 3.84. The lowest BCUT2D eigenvalue weighted by Crippen LogP contribution is -2.45. The fraction of sp³-hybridized carbons (Fsp3) is 0.857. The first-order chi connectivity index (χ1) is 5.66. The summed E-state index contributed by atoms with van der Waals surface area (Å²) in [5.74, 6) is -1.14. The van der Waals surface area contributed by atoms with Gasteiger partial charge >= 0.3 is 5.97 Å². The van der Waals surface area contributed by atoms with Crippen molar-refractivity contribution in [3.63, 3.8) is 0 Å². The SMILES string of the molecule is CNC(C(=O)O)C1CNCC1O. The summed E-state index contributed by atoms with van der Waals surface area (Å²) in [6, 6.07) is -0.657. The lowest BCUT2D eigenvalue weighted by molar-refractivity contribution is -0.141. The summed E-state index contributed by atoms with van der Waals surface area (Å²) >= 11 is 0. The molecule has 0 aromatic heterocycles. The van der Waals surface area contributed by atoms with Gasteiger partial charge in [0.25, 0.3) is 0 Å². The first-order valence-corrected chi connectivity index (χ1v) is 3.95. The first-order valence-electron chi connectivity index (χ1n) is 3.95. The Morgan fingerprint density at radius 1 is 1.67 bits per heavy atom. The van der Waals surface area contributed by atoms with Crippen molar-refractivity contribution in [1.82, 2.24) is 10.6 Å². The largest absolute Gasteiger partial charge is 0.480 e. The van der Waals surface area contributed by atoms with Crippen LogP contribution in [0.1, 0.15) is 0 Å². The monoisotopic (exact) mass is 174 g/mol. The highest BCUT2D eigenvalue weighted by Crippen LogP contribution is 2.13. The van der Waals surface area contributed by atoms with Gasteiger partial charge in [-0.25, -0.2) is 0 Å². The van der Waals surface area contributed by atoms with Gasteiger partial charge in [0.1, 0.15) is 6.04 Å². The molecule has 3 atom stereocenters. The van der Waals surface area contributed by atoms with E-state index >= 15 is 0 Å². The van der Waals surface area contributed by atoms with Crippen molar-refractivity contribution in [2.45, 2.75) is 12.1 Å². The molecule has 0 bridgehead atoms. The number of rotatable bonds is 3. The minimum atomic E-state index is -0.912. The van der Waals surface area contributed by atoms with Gasteiger partial charge in [-0.15, -0.1) is 0 Å². The minimum absolute atomic E-state index is 0.229. The van der Waals surface area contributed by atoms with Gasteiger partial charge in [0.15, 0.2) is 0 Å². The fourth-order valence-corrected chi connectivity index (χ4v) is 1.55. The molecule has 0 aromatic rings. The van der Waals surface area contributed by atoms with E-state index in [0.29, 0.717) is 13.1 Å². The number of carboxylic acid groups (broad SMARTS) is 1. The molecule has 3 unspecified atom stereocenters. The maximum absolute atomic E-state index is 10.7. The van der Waals surface area contributed by atoms with Crippen LogP contribution in [0.4, 0.5) is 0 Å². The van der Waals surface area contributed by atoms with Crippen molar-refractivity contribution in [2.24, 2.45) is 5.92 Å². The Kier molecular flexibility index (Phi) is 3.02. The van der Waals surface area contributed by atoms with Gasteiger partial charge in [0.05, 0.1) is 6.10 Å². The molecule has 1 saturated heterocycles. The van der Waals surface area contributed by atoms with Crippen LogP contribution in [-0.4, -0.2) is 48.5 Å². The number of β-amino-alcohol motifs (C(OH)–C–C–N with tert-alkyl or cyclic N) is 1. The van der Waals surface area contributed by atoms with Crippen LogP contribution in [0.2, 0.25) is 0 Å². The molecular formula is C7H14N2O3. The second-order valence-electron chi connectivity index (χ2n) is 2.99. The molecule has 0 radical (unpaired) electrons. The zero-order valence-corrected chi connectivity index (χ0v) is 6.95. The fourth-order valence-electron chi connectivity index (χ4n) is 1.55. The van der Waals surface area contributed by atoms with Crippen LogP contribution in [0.25, 0.3) is 0 Å². The first kappa shape index (κ1) is 9.44. The molecule has 5 nitrogen and oxygen atoms in total. The van der Waals surface area contributed by atoms with Crippen molar-refractivity contribution >= 4 is 5.97 Å². The Morgan fingerprint density at radius 2 is 2.33 bits per heavy atom. The summed E-state index contributed by atoms with van der Waals surface area (Å²) in [7, 11) is 1.59. The summed E-state index contributed by atoms with van der Waals surface area (Å²) in [6.45, 7) is 1.04. The zero-order valence-electron chi connectivity index (χ0n) is 6.95. The third-order valence-electron chi connectivity index (χ3n) is 2.23. The molecule has 0 aromatic carbocycles. The maximum Gasteiger partial charge on any atom is 0.321 e. The molecule has 5 heteroatoms. The third-order valence-corrected chi connectivity index (χ3v) is 2.23. The van der Waals surface area contributed by atoms with E-state index in [4.69, 9.17) is 5.11 Å². The van der Waals surface area contributed by atoms with Crippen molar-refractivity contribution < 1.29 is 15.0 Å². The highest BCUT2D eigenvalue weighted by atomic mass is 16.4. The van der Waals surface area contributed by atoms with Crippen molar-refractivity contribution in [1.29, 1.82) is 0 Å². The second-order valence-corrected chi connectivity index (χ2v) is 2.99. The lowest BCUT2D eigenvalue weighted by Gasteiger charge is -2.20. The van der Waals surface area contributed by atoms with Crippen LogP contribution in [0, 0.1) is 5.92 Å². The molecule has 1 heterocycles. The van der Waals surface area contributed by atoms with E-state index < -0.39 is 18.1 Å². The molecule has 1 aliphatic rings. The molecule has 0 aliphatic carbocycles. The molecule has 0 amide bonds. The number of carbonyl (C=O) groups is 1. The molecule has 1 fully saturated rings. The molecule has 1 rings (SSSR count). The average Bonchev–Trinajstić information content (AvgIpc) is 2.38. The van der Waals surface area contributed by atoms with Crippen molar-refractivity contribution in [2.75, 3.05) is 20.1 Å². The summed E-state index contributed by atoms with van der Waals surface area (Å²) < 4.78 is 0. The highest BCUT2D eigenvalue weighted by molar-refractivity contribution is 5.74. The van der Waals surface area contributed by atoms with Crippen LogP contribution in [0.5, 0.6) is 0 Å². The molecule has 12 heavy (non-hydrogen) atoms. The molecular weight excluding hydrogens is 160 g/mol. The van der Waals surface area contributed by atoms with E-state index in [1.54, 1.807) is 7.05 Å². The lowest BCUT2D eigenvalue weighted by atomic mass is 9.97. The summed E-state index contributed by atoms with van der Waals surface area (Å²) in [5, 5.41) is 23.7. The van der Waals surface area contributed by atoms with E-state index in [1.165, 1.54) is 0 Å². The highest BCUT2D eigenvalue weighted by Gasteiger charge is 2.35. The third kappa shape index (κ3) is 1.74. The van der Waals surface area contributed by atoms with E-state index in [1.807, 2.05) is 0 Å². The van der Waals surface area contributed by atoms with Gasteiger partial charge in [0.2, 0.25) is 0 Å². The van der Waals surface area contributed by atoms with Gasteiger partial charge in [-0.2, -0.15) is 0 Å². The van der Waals surface area contributed by atoms with Gasteiger partial charge in [-0.05, 0) is 7.05 Å². The van der Waals surface area contributed by atoms with E-state index in [9.17, 15) is 9.90 Å². The molecule has 4 N–H and O–H groups in total. The number of nitrogens with one attached hydrogen (secondary N) is 2. The number of hydrogen-bond acceptors (Lipinski definition) is 4. The quantitative estimate of drug-likeness (QED) is 0.407. The van der Waals surface area contributed by atoms with Crippen LogP contribution in [0.3, 0.4) is 0 Å². The Balaban J connectivity index is 2.58. The number of aliphatic carboxylic acids is 1. The number of hydrogen-bond donors (Lipinski definition) is 4. The number of carboxylic acids is 1. The van der Waals surface area contributed by atoms with Crippen LogP contribution in [-0.2, 0) is 4.79 Å². The topological polar surface area (TPSA) is 81.6 Å². The summed E-state index contributed by atoms with van der Waals surface area (Å²) in [4.78, 5) is 10.7. The smallest absolute Gasteiger partial charge is 0.321 e. The Morgan fingerprint density at radius 3 is 2.67 bits per heavy atom. The van der Waals surface area contributed by atoms with Crippen LogP contribution in [0.15, 0.2) is 0 Å². The standard InChI is InChI=1S/C7H14N2O3/c1-8-6(7(11)12)4-2-9-3-5(4)10/h4-6,8-10H,2-3H2,1H3,(H,11,12). The summed E-state index contributed by atoms with van der Waals surface area (Å²) in [5.41, 5.74) is 0.